The summed E-state index contributed by atoms with van der Waals surface area (Å²) in [6.07, 6.45) is 5.15. The van der Waals surface area contributed by atoms with Crippen molar-refractivity contribution in [3.8, 4) is 5.69 Å². The van der Waals surface area contributed by atoms with Crippen LogP contribution in [0, 0.1) is 0 Å². The van der Waals surface area contributed by atoms with E-state index in [2.05, 4.69) is 50.4 Å². The fraction of sp³-hybridized carbons (Fsp3) is 0.316. The number of pyridine rings is 1. The Morgan fingerprint density at radius 3 is 2.46 bits per heavy atom. The second-order valence-electron chi connectivity index (χ2n) is 6.30. The van der Waals surface area contributed by atoms with Gasteiger partial charge < -0.3 is 15.0 Å². The molecule has 1 atom stereocenters. The summed E-state index contributed by atoms with van der Waals surface area (Å²) >= 11 is 0. The largest absolute Gasteiger partial charge is 0.378 e. The summed E-state index contributed by atoms with van der Waals surface area (Å²) in [5.41, 5.74) is 3.32. The Kier molecular flexibility index (Phi) is 4.79. The molecule has 1 aliphatic heterocycles. The van der Waals surface area contributed by atoms with Crippen LogP contribution in [0.25, 0.3) is 5.69 Å². The van der Waals surface area contributed by atoms with E-state index in [0.29, 0.717) is 0 Å². The minimum atomic E-state index is 0.154. The maximum Gasteiger partial charge on any atom is 0.138 e. The van der Waals surface area contributed by atoms with Crippen LogP contribution in [0.5, 0.6) is 0 Å². The van der Waals surface area contributed by atoms with Crippen LogP contribution >= 0.6 is 0 Å². The molecule has 3 heterocycles. The topological polar surface area (TPSA) is 68.1 Å². The van der Waals surface area contributed by atoms with Gasteiger partial charge in [0.05, 0.1) is 30.8 Å². The SMILES string of the molecule is CC(Nc1ccc(N2CCOCC2)cn1)c1ccc(-n2cncn2)cc1. The minimum absolute atomic E-state index is 0.154. The minimum Gasteiger partial charge on any atom is -0.378 e. The number of anilines is 2. The zero-order chi connectivity index (χ0) is 17.8. The van der Waals surface area contributed by atoms with Gasteiger partial charge in [0.1, 0.15) is 18.5 Å². The quantitative estimate of drug-likeness (QED) is 0.763. The Bertz CT molecular complexity index is 810. The number of ether oxygens (including phenoxy) is 1. The van der Waals surface area contributed by atoms with Crippen molar-refractivity contribution in [1.82, 2.24) is 19.7 Å². The van der Waals surface area contributed by atoms with Crippen molar-refractivity contribution in [3.63, 3.8) is 0 Å². The lowest BCUT2D eigenvalue weighted by atomic mass is 10.1. The summed E-state index contributed by atoms with van der Waals surface area (Å²) in [5.74, 6) is 0.870. The van der Waals surface area contributed by atoms with Crippen molar-refractivity contribution in [1.29, 1.82) is 0 Å². The molecule has 0 bridgehead atoms. The van der Waals surface area contributed by atoms with Gasteiger partial charge in [-0.2, -0.15) is 5.10 Å². The average molecular weight is 350 g/mol. The molecule has 0 amide bonds. The summed E-state index contributed by atoms with van der Waals surface area (Å²) in [6.45, 7) is 5.53. The number of nitrogens with zero attached hydrogens (tertiary/aromatic N) is 5. The van der Waals surface area contributed by atoms with Crippen LogP contribution in [0.15, 0.2) is 55.2 Å². The number of benzene rings is 1. The van der Waals surface area contributed by atoms with Crippen LogP contribution in [0.4, 0.5) is 11.5 Å². The van der Waals surface area contributed by atoms with Crippen molar-refractivity contribution in [2.24, 2.45) is 0 Å². The molecule has 4 rings (SSSR count). The molecule has 0 radical (unpaired) electrons. The van der Waals surface area contributed by atoms with E-state index in [1.807, 2.05) is 24.4 Å². The zero-order valence-electron chi connectivity index (χ0n) is 14.7. The number of rotatable bonds is 5. The third-order valence-electron chi connectivity index (χ3n) is 4.56. The summed E-state index contributed by atoms with van der Waals surface area (Å²) in [7, 11) is 0. The zero-order valence-corrected chi connectivity index (χ0v) is 14.7. The maximum atomic E-state index is 5.40. The van der Waals surface area contributed by atoms with Crippen molar-refractivity contribution in [2.75, 3.05) is 36.5 Å². The van der Waals surface area contributed by atoms with Gasteiger partial charge in [-0.25, -0.2) is 14.6 Å². The molecule has 7 nitrogen and oxygen atoms in total. The van der Waals surface area contributed by atoms with Crippen LogP contribution in [-0.4, -0.2) is 46.1 Å². The lowest BCUT2D eigenvalue weighted by Gasteiger charge is -2.28. The van der Waals surface area contributed by atoms with Gasteiger partial charge in [0, 0.05) is 19.1 Å². The average Bonchev–Trinajstić information content (AvgIpc) is 3.24. The number of aromatic nitrogens is 4. The van der Waals surface area contributed by atoms with Gasteiger partial charge in [-0.15, -0.1) is 0 Å². The van der Waals surface area contributed by atoms with Crippen molar-refractivity contribution in [2.45, 2.75) is 13.0 Å². The highest BCUT2D eigenvalue weighted by atomic mass is 16.5. The second-order valence-corrected chi connectivity index (χ2v) is 6.30. The molecule has 1 N–H and O–H groups in total. The molecule has 1 fully saturated rings. The van der Waals surface area contributed by atoms with Gasteiger partial charge in [-0.05, 0) is 36.8 Å². The van der Waals surface area contributed by atoms with Crippen LogP contribution < -0.4 is 10.2 Å². The van der Waals surface area contributed by atoms with Crippen molar-refractivity contribution in [3.05, 3.63) is 60.8 Å². The summed E-state index contributed by atoms with van der Waals surface area (Å²) in [5, 5.41) is 7.60. The molecule has 3 aromatic rings. The van der Waals surface area contributed by atoms with Crippen LogP contribution in [0.2, 0.25) is 0 Å². The number of hydrogen-bond acceptors (Lipinski definition) is 6. The van der Waals surface area contributed by atoms with E-state index in [9.17, 15) is 0 Å². The Hall–Kier alpha value is -2.93. The lowest BCUT2D eigenvalue weighted by molar-refractivity contribution is 0.122. The van der Waals surface area contributed by atoms with E-state index < -0.39 is 0 Å². The smallest absolute Gasteiger partial charge is 0.138 e. The van der Waals surface area contributed by atoms with Crippen LogP contribution in [0.3, 0.4) is 0 Å². The fourth-order valence-electron chi connectivity index (χ4n) is 3.04. The predicted octanol–water partition coefficient (Wildman–Crippen LogP) is 2.67. The summed E-state index contributed by atoms with van der Waals surface area (Å²) in [6, 6.07) is 12.6. The molecule has 1 aromatic carbocycles. The van der Waals surface area contributed by atoms with Crippen molar-refractivity contribution >= 4 is 11.5 Å². The standard InChI is InChI=1S/C19H22N6O/c1-15(16-2-4-17(5-3-16)25-14-20-13-22-25)23-19-7-6-18(12-21-19)24-8-10-26-11-9-24/h2-7,12-15H,8-11H2,1H3,(H,21,23). The molecular formula is C19H22N6O. The first kappa shape index (κ1) is 16.5. The Labute approximate surface area is 152 Å². The van der Waals surface area contributed by atoms with E-state index in [1.165, 1.54) is 11.9 Å². The van der Waals surface area contributed by atoms with Gasteiger partial charge in [-0.3, -0.25) is 0 Å². The highest BCUT2D eigenvalue weighted by Gasteiger charge is 2.12. The van der Waals surface area contributed by atoms with Crippen LogP contribution in [0.1, 0.15) is 18.5 Å². The molecule has 1 unspecified atom stereocenters. The molecule has 2 aromatic heterocycles. The Morgan fingerprint density at radius 1 is 1.04 bits per heavy atom. The van der Waals surface area contributed by atoms with Gasteiger partial charge in [0.2, 0.25) is 0 Å². The lowest BCUT2D eigenvalue weighted by Crippen LogP contribution is -2.36. The summed E-state index contributed by atoms with van der Waals surface area (Å²) < 4.78 is 7.14. The molecule has 134 valence electrons. The first-order chi connectivity index (χ1) is 12.8. The van der Waals surface area contributed by atoms with Crippen molar-refractivity contribution < 1.29 is 4.74 Å². The molecule has 1 aliphatic rings. The fourth-order valence-corrected chi connectivity index (χ4v) is 3.04. The number of morpholine rings is 1. The van der Waals surface area contributed by atoms with Gasteiger partial charge in [-0.1, -0.05) is 12.1 Å². The molecule has 7 heteroatoms. The Balaban J connectivity index is 1.40. The summed E-state index contributed by atoms with van der Waals surface area (Å²) in [4.78, 5) is 10.8. The third-order valence-corrected chi connectivity index (χ3v) is 4.56. The van der Waals surface area contributed by atoms with E-state index in [0.717, 1.165) is 43.5 Å². The first-order valence-electron chi connectivity index (χ1n) is 8.80. The van der Waals surface area contributed by atoms with Gasteiger partial charge in [0.15, 0.2) is 0 Å². The third kappa shape index (κ3) is 3.67. The molecule has 26 heavy (non-hydrogen) atoms. The molecule has 0 spiro atoms. The van der Waals surface area contributed by atoms with E-state index in [4.69, 9.17) is 4.74 Å². The number of nitrogens with one attached hydrogen (secondary N) is 1. The molecule has 0 saturated carbocycles. The second kappa shape index (κ2) is 7.53. The molecule has 1 saturated heterocycles. The van der Waals surface area contributed by atoms with Gasteiger partial charge >= 0.3 is 0 Å². The Morgan fingerprint density at radius 2 is 1.81 bits per heavy atom. The highest BCUT2D eigenvalue weighted by Crippen LogP contribution is 2.21. The van der Waals surface area contributed by atoms with E-state index in [-0.39, 0.29) is 6.04 Å². The maximum absolute atomic E-state index is 5.40. The number of hydrogen-bond donors (Lipinski definition) is 1. The predicted molar refractivity (Wildman–Crippen MR) is 101 cm³/mol. The first-order valence-corrected chi connectivity index (χ1v) is 8.80. The van der Waals surface area contributed by atoms with Gasteiger partial charge in [0.25, 0.3) is 0 Å². The van der Waals surface area contributed by atoms with Crippen LogP contribution in [-0.2, 0) is 4.74 Å². The normalized spacial score (nSPS) is 15.7. The van der Waals surface area contributed by atoms with E-state index in [1.54, 1.807) is 11.0 Å². The van der Waals surface area contributed by atoms with E-state index >= 15 is 0 Å². The monoisotopic (exact) mass is 350 g/mol. The highest BCUT2D eigenvalue weighted by molar-refractivity contribution is 5.50. The molecular weight excluding hydrogens is 328 g/mol. The molecule has 0 aliphatic carbocycles.